The Morgan fingerprint density at radius 1 is 1.33 bits per heavy atom. The minimum absolute atomic E-state index is 0.0256. The van der Waals surface area contributed by atoms with Crippen LogP contribution in [0.4, 0.5) is 0 Å². The number of carbonyl (C=O) groups excluding carboxylic acids is 1. The second-order valence-corrected chi connectivity index (χ2v) is 5.86. The summed E-state index contributed by atoms with van der Waals surface area (Å²) in [5.41, 5.74) is 2.58. The Hall–Kier alpha value is -0.790. The van der Waals surface area contributed by atoms with Gasteiger partial charge in [-0.05, 0) is 43.1 Å². The fourth-order valence-electron chi connectivity index (χ4n) is 2.66. The summed E-state index contributed by atoms with van der Waals surface area (Å²) in [7, 11) is 0. The maximum absolute atomic E-state index is 11.5. The van der Waals surface area contributed by atoms with Crippen LogP contribution in [0.15, 0.2) is 11.1 Å². The molecule has 0 aromatic carbocycles. The maximum Gasteiger partial charge on any atom is 0.334 e. The third kappa shape index (κ3) is 1.82. The zero-order chi connectivity index (χ0) is 11.2. The number of rotatable bonds is 0. The molecule has 0 radical (unpaired) electrons. The van der Waals surface area contributed by atoms with Gasteiger partial charge in [0.2, 0.25) is 0 Å². The van der Waals surface area contributed by atoms with Crippen molar-refractivity contribution in [2.24, 2.45) is 11.3 Å². The molecule has 15 heavy (non-hydrogen) atoms. The molecule has 0 saturated carbocycles. The van der Waals surface area contributed by atoms with E-state index in [-0.39, 0.29) is 12.1 Å². The van der Waals surface area contributed by atoms with E-state index in [1.807, 2.05) is 6.92 Å². The number of carbonyl (C=O) groups is 1. The molecule has 2 aliphatic rings. The number of esters is 1. The van der Waals surface area contributed by atoms with Crippen LogP contribution >= 0.6 is 0 Å². The van der Waals surface area contributed by atoms with E-state index >= 15 is 0 Å². The summed E-state index contributed by atoms with van der Waals surface area (Å²) in [6.45, 7) is 8.84. The Balaban J connectivity index is 2.21. The van der Waals surface area contributed by atoms with Gasteiger partial charge in [0.1, 0.15) is 6.10 Å². The smallest absolute Gasteiger partial charge is 0.334 e. The Morgan fingerprint density at radius 2 is 2.00 bits per heavy atom. The van der Waals surface area contributed by atoms with Gasteiger partial charge in [-0.25, -0.2) is 4.79 Å². The monoisotopic (exact) mass is 208 g/mol. The van der Waals surface area contributed by atoms with Crippen LogP contribution in [0.2, 0.25) is 0 Å². The first-order chi connectivity index (χ1) is 6.89. The van der Waals surface area contributed by atoms with Gasteiger partial charge >= 0.3 is 5.97 Å². The van der Waals surface area contributed by atoms with E-state index in [1.54, 1.807) is 0 Å². The number of hydrogen-bond donors (Lipinski definition) is 0. The lowest BCUT2D eigenvalue weighted by Gasteiger charge is -2.34. The highest BCUT2D eigenvalue weighted by molar-refractivity contribution is 5.92. The highest BCUT2D eigenvalue weighted by atomic mass is 16.5. The first-order valence-corrected chi connectivity index (χ1v) is 5.82. The lowest BCUT2D eigenvalue weighted by Crippen LogP contribution is -2.25. The quantitative estimate of drug-likeness (QED) is 0.572. The molecule has 84 valence electrons. The number of cyclic esters (lactones) is 1. The Labute approximate surface area is 91.7 Å². The molecule has 0 saturated heterocycles. The summed E-state index contributed by atoms with van der Waals surface area (Å²) in [5.74, 6) is 0.623. The van der Waals surface area contributed by atoms with E-state index in [0.29, 0.717) is 11.3 Å². The molecular formula is C13H20O2. The Morgan fingerprint density at radius 3 is 2.60 bits per heavy atom. The van der Waals surface area contributed by atoms with Gasteiger partial charge in [0.15, 0.2) is 0 Å². The van der Waals surface area contributed by atoms with Crippen molar-refractivity contribution in [3.05, 3.63) is 11.1 Å². The Kier molecular flexibility index (Phi) is 2.40. The second-order valence-electron chi connectivity index (χ2n) is 5.86. The summed E-state index contributed by atoms with van der Waals surface area (Å²) in [5, 5.41) is 0. The van der Waals surface area contributed by atoms with Gasteiger partial charge in [-0.15, -0.1) is 0 Å². The van der Waals surface area contributed by atoms with E-state index in [2.05, 4.69) is 20.8 Å². The van der Waals surface area contributed by atoms with E-state index in [0.717, 1.165) is 24.8 Å². The van der Waals surface area contributed by atoms with Crippen LogP contribution in [0.3, 0.4) is 0 Å². The van der Waals surface area contributed by atoms with Crippen molar-refractivity contribution < 1.29 is 9.53 Å². The first-order valence-electron chi connectivity index (χ1n) is 5.82. The van der Waals surface area contributed by atoms with Gasteiger partial charge in [-0.3, -0.25) is 0 Å². The van der Waals surface area contributed by atoms with E-state index in [1.165, 1.54) is 5.57 Å². The average Bonchev–Trinajstić information content (AvgIpc) is 2.41. The molecule has 1 aliphatic carbocycles. The van der Waals surface area contributed by atoms with Crippen LogP contribution in [0.5, 0.6) is 0 Å². The molecule has 2 nitrogen and oxygen atoms in total. The van der Waals surface area contributed by atoms with Crippen molar-refractivity contribution in [1.29, 1.82) is 0 Å². The highest BCUT2D eigenvalue weighted by Gasteiger charge is 2.38. The van der Waals surface area contributed by atoms with Crippen molar-refractivity contribution >= 4 is 5.97 Å². The first kappa shape index (κ1) is 10.7. The largest absolute Gasteiger partial charge is 0.455 e. The standard InChI is InChI=1S/C13H20O2/c1-8-11-7-9(13(2,3)4)5-6-10(11)12(14)15-8/h8-9H,5-7H2,1-4H3. The predicted octanol–water partition coefficient (Wildman–Crippen LogP) is 3.07. The Bertz CT molecular complexity index is 320. The van der Waals surface area contributed by atoms with Crippen molar-refractivity contribution in [2.45, 2.75) is 53.1 Å². The van der Waals surface area contributed by atoms with Crippen molar-refractivity contribution in [3.63, 3.8) is 0 Å². The van der Waals surface area contributed by atoms with Crippen LogP contribution < -0.4 is 0 Å². The molecule has 2 unspecified atom stereocenters. The molecule has 1 aliphatic heterocycles. The third-order valence-corrected chi connectivity index (χ3v) is 3.84. The molecule has 1 heterocycles. The lowest BCUT2D eigenvalue weighted by molar-refractivity contribution is -0.139. The summed E-state index contributed by atoms with van der Waals surface area (Å²) in [6, 6.07) is 0. The zero-order valence-electron chi connectivity index (χ0n) is 10.1. The lowest BCUT2D eigenvalue weighted by atomic mass is 9.70. The van der Waals surface area contributed by atoms with Crippen molar-refractivity contribution in [1.82, 2.24) is 0 Å². The van der Waals surface area contributed by atoms with Gasteiger partial charge in [-0.2, -0.15) is 0 Å². The minimum atomic E-state index is -0.0649. The normalized spacial score (nSPS) is 31.6. The highest BCUT2D eigenvalue weighted by Crippen LogP contribution is 2.44. The van der Waals surface area contributed by atoms with Crippen LogP contribution in [0, 0.1) is 11.3 Å². The minimum Gasteiger partial charge on any atom is -0.455 e. The van der Waals surface area contributed by atoms with E-state index in [9.17, 15) is 4.79 Å². The SMILES string of the molecule is CC1OC(=O)C2=C1CC(C(C)(C)C)CC2. The van der Waals surface area contributed by atoms with Gasteiger partial charge in [0.05, 0.1) is 0 Å². The fraction of sp³-hybridized carbons (Fsp3) is 0.769. The van der Waals surface area contributed by atoms with Crippen molar-refractivity contribution in [2.75, 3.05) is 0 Å². The maximum atomic E-state index is 11.5. The molecule has 0 aromatic heterocycles. The molecular weight excluding hydrogens is 188 g/mol. The summed E-state index contributed by atoms with van der Waals surface area (Å²) < 4.78 is 5.26. The van der Waals surface area contributed by atoms with E-state index in [4.69, 9.17) is 4.74 Å². The number of ether oxygens (including phenoxy) is 1. The third-order valence-electron chi connectivity index (χ3n) is 3.84. The summed E-state index contributed by atoms with van der Waals surface area (Å²) in [4.78, 5) is 11.5. The van der Waals surface area contributed by atoms with Gasteiger partial charge in [0, 0.05) is 5.57 Å². The molecule has 0 fully saturated rings. The number of hydrogen-bond acceptors (Lipinski definition) is 2. The molecule has 0 spiro atoms. The van der Waals surface area contributed by atoms with Crippen LogP contribution in [-0.2, 0) is 9.53 Å². The molecule has 2 heteroatoms. The molecule has 2 atom stereocenters. The van der Waals surface area contributed by atoms with Crippen molar-refractivity contribution in [3.8, 4) is 0 Å². The van der Waals surface area contributed by atoms with Gasteiger partial charge in [-0.1, -0.05) is 20.8 Å². The van der Waals surface area contributed by atoms with Crippen LogP contribution in [0.1, 0.15) is 47.0 Å². The summed E-state index contributed by atoms with van der Waals surface area (Å²) in [6.07, 6.45) is 3.12. The molecule has 0 bridgehead atoms. The molecule has 2 rings (SSSR count). The molecule has 0 amide bonds. The predicted molar refractivity (Wildman–Crippen MR) is 59.4 cm³/mol. The van der Waals surface area contributed by atoms with Crippen LogP contribution in [-0.4, -0.2) is 12.1 Å². The van der Waals surface area contributed by atoms with Gasteiger partial charge < -0.3 is 4.74 Å². The average molecular weight is 208 g/mol. The molecule has 0 N–H and O–H groups in total. The van der Waals surface area contributed by atoms with Gasteiger partial charge in [0.25, 0.3) is 0 Å². The summed E-state index contributed by atoms with van der Waals surface area (Å²) >= 11 is 0. The van der Waals surface area contributed by atoms with E-state index < -0.39 is 0 Å². The van der Waals surface area contributed by atoms with Crippen LogP contribution in [0.25, 0.3) is 0 Å². The zero-order valence-corrected chi connectivity index (χ0v) is 10.1. The molecule has 0 aromatic rings. The fourth-order valence-corrected chi connectivity index (χ4v) is 2.66. The second kappa shape index (κ2) is 3.36. The topological polar surface area (TPSA) is 26.3 Å².